The molecule has 3 rings (SSSR count). The molecule has 0 saturated carbocycles. The molecule has 0 spiro atoms. The van der Waals surface area contributed by atoms with Crippen LogP contribution in [0.2, 0.25) is 5.02 Å². The van der Waals surface area contributed by atoms with Crippen LogP contribution in [0.1, 0.15) is 13.8 Å². The predicted molar refractivity (Wildman–Crippen MR) is 106 cm³/mol. The van der Waals surface area contributed by atoms with E-state index in [0.29, 0.717) is 21.5 Å². The van der Waals surface area contributed by atoms with Gasteiger partial charge in [-0.1, -0.05) is 48.4 Å². The Morgan fingerprint density at radius 2 is 1.83 bits per heavy atom. The first-order valence-corrected chi connectivity index (χ1v) is 10.3. The lowest BCUT2D eigenvalue weighted by molar-refractivity contribution is 0.752. The fraction of sp³-hybridized carbons (Fsp3) is 0.222. The van der Waals surface area contributed by atoms with E-state index in [1.807, 2.05) is 36.4 Å². The summed E-state index contributed by atoms with van der Waals surface area (Å²) in [6.45, 7) is 4.35. The summed E-state index contributed by atoms with van der Waals surface area (Å²) in [5.74, 6) is 1.58. The summed E-state index contributed by atoms with van der Waals surface area (Å²) < 4.78 is 1.66. The smallest absolute Gasteiger partial charge is 0.266 e. The molecule has 3 nitrogen and oxygen atoms in total. The maximum Gasteiger partial charge on any atom is 0.266 e. The van der Waals surface area contributed by atoms with Gasteiger partial charge in [0.15, 0.2) is 5.16 Å². The van der Waals surface area contributed by atoms with E-state index in [1.165, 1.54) is 10.8 Å². The third-order valence-electron chi connectivity index (χ3n) is 3.36. The lowest BCUT2D eigenvalue weighted by atomic mass is 10.2. The van der Waals surface area contributed by atoms with Gasteiger partial charge in [-0.3, -0.25) is 9.36 Å². The molecule has 3 aromatic rings. The van der Waals surface area contributed by atoms with Crippen molar-refractivity contribution in [1.29, 1.82) is 0 Å². The van der Waals surface area contributed by atoms with Crippen LogP contribution in [0.3, 0.4) is 0 Å². The molecule has 0 aliphatic carbocycles. The molecule has 2 aromatic carbocycles. The molecule has 124 valence electrons. The van der Waals surface area contributed by atoms with Crippen molar-refractivity contribution >= 4 is 44.1 Å². The number of hydrogen-bond donors (Lipinski definition) is 0. The average molecular weight is 377 g/mol. The van der Waals surface area contributed by atoms with Gasteiger partial charge in [-0.2, -0.15) is 0 Å². The maximum atomic E-state index is 13.0. The van der Waals surface area contributed by atoms with E-state index < -0.39 is 0 Å². The third kappa shape index (κ3) is 3.79. The van der Waals surface area contributed by atoms with Crippen molar-refractivity contribution in [3.8, 4) is 5.69 Å². The van der Waals surface area contributed by atoms with E-state index in [0.717, 1.165) is 17.0 Å². The van der Waals surface area contributed by atoms with Crippen LogP contribution in [-0.4, -0.2) is 15.3 Å². The van der Waals surface area contributed by atoms with Gasteiger partial charge in [0.05, 0.1) is 16.6 Å². The van der Waals surface area contributed by atoms with Crippen molar-refractivity contribution < 1.29 is 0 Å². The number of fused-ring (bicyclic) bond motifs is 1. The Bertz CT molecular complexity index is 907. The van der Waals surface area contributed by atoms with Crippen LogP contribution in [0.4, 0.5) is 0 Å². The van der Waals surface area contributed by atoms with Crippen LogP contribution in [-0.2, 0) is 0 Å². The number of nitrogens with zero attached hydrogens (tertiary/aromatic N) is 2. The largest absolute Gasteiger partial charge is 0.268 e. The maximum absolute atomic E-state index is 13.0. The van der Waals surface area contributed by atoms with Crippen molar-refractivity contribution in [2.75, 3.05) is 5.75 Å². The first-order chi connectivity index (χ1) is 11.6. The molecule has 0 saturated heterocycles. The monoisotopic (exact) mass is 376 g/mol. The molecule has 24 heavy (non-hydrogen) atoms. The second-order valence-corrected chi connectivity index (χ2v) is 8.53. The lowest BCUT2D eigenvalue weighted by Crippen LogP contribution is -2.21. The van der Waals surface area contributed by atoms with Crippen LogP contribution in [0.15, 0.2) is 58.5 Å². The summed E-state index contributed by atoms with van der Waals surface area (Å²) in [7, 11) is 3.25. The Balaban J connectivity index is 2.14. The summed E-state index contributed by atoms with van der Waals surface area (Å²) in [4.78, 5) is 17.7. The Labute approximate surface area is 153 Å². The predicted octanol–water partition coefficient (Wildman–Crippen LogP) is 5.44. The van der Waals surface area contributed by atoms with Crippen molar-refractivity contribution in [1.82, 2.24) is 9.55 Å². The second-order valence-electron chi connectivity index (χ2n) is 5.79. The summed E-state index contributed by atoms with van der Waals surface area (Å²) in [5.41, 5.74) is 1.44. The van der Waals surface area contributed by atoms with Gasteiger partial charge < -0.3 is 0 Å². The van der Waals surface area contributed by atoms with E-state index in [9.17, 15) is 4.79 Å². The average Bonchev–Trinajstić information content (AvgIpc) is 2.56. The molecule has 1 aromatic heterocycles. The topological polar surface area (TPSA) is 34.9 Å². The van der Waals surface area contributed by atoms with E-state index in [1.54, 1.807) is 27.5 Å². The van der Waals surface area contributed by atoms with E-state index >= 15 is 0 Å². The summed E-state index contributed by atoms with van der Waals surface area (Å²) in [5, 5.41) is 1.95. The van der Waals surface area contributed by atoms with Crippen molar-refractivity contribution in [2.24, 2.45) is 5.92 Å². The van der Waals surface area contributed by atoms with Crippen LogP contribution in [0.25, 0.3) is 16.6 Å². The molecule has 0 radical (unpaired) electrons. The number of hydrogen-bond acceptors (Lipinski definition) is 4. The Kier molecular flexibility index (Phi) is 5.54. The third-order valence-corrected chi connectivity index (χ3v) is 6.17. The number of halogens is 1. The minimum atomic E-state index is -0.0597. The highest BCUT2D eigenvalue weighted by molar-refractivity contribution is 8.76. The van der Waals surface area contributed by atoms with Gasteiger partial charge in [-0.05, 0) is 53.1 Å². The van der Waals surface area contributed by atoms with Gasteiger partial charge in [0.1, 0.15) is 0 Å². The highest BCUT2D eigenvalue weighted by atomic mass is 35.5. The zero-order valence-electron chi connectivity index (χ0n) is 13.4. The normalized spacial score (nSPS) is 11.3. The zero-order valence-corrected chi connectivity index (χ0v) is 15.8. The van der Waals surface area contributed by atoms with Crippen molar-refractivity contribution in [3.05, 3.63) is 63.9 Å². The fourth-order valence-corrected chi connectivity index (χ4v) is 4.85. The molecule has 0 unspecified atom stereocenters. The molecule has 0 N–H and O–H groups in total. The van der Waals surface area contributed by atoms with Crippen LogP contribution < -0.4 is 5.56 Å². The number of rotatable bonds is 5. The minimum Gasteiger partial charge on any atom is -0.268 e. The summed E-state index contributed by atoms with van der Waals surface area (Å²) >= 11 is 5.98. The zero-order chi connectivity index (χ0) is 17.1. The second kappa shape index (κ2) is 7.64. The number of benzene rings is 2. The van der Waals surface area contributed by atoms with Crippen LogP contribution in [0, 0.1) is 5.92 Å². The van der Waals surface area contributed by atoms with E-state index in [2.05, 4.69) is 13.8 Å². The van der Waals surface area contributed by atoms with Gasteiger partial charge in [0.2, 0.25) is 0 Å². The molecule has 0 fully saturated rings. The first kappa shape index (κ1) is 17.4. The molecular formula is C18H17ClN2OS2. The summed E-state index contributed by atoms with van der Waals surface area (Å²) in [6, 6.07) is 14.7. The SMILES string of the molecule is CC(C)CSSc1nc2ccccc2c(=O)n1-c1ccc(Cl)cc1. The van der Waals surface area contributed by atoms with Gasteiger partial charge in [0.25, 0.3) is 5.56 Å². The van der Waals surface area contributed by atoms with Crippen LogP contribution in [0.5, 0.6) is 0 Å². The Morgan fingerprint density at radius 3 is 2.54 bits per heavy atom. The first-order valence-electron chi connectivity index (χ1n) is 7.63. The van der Waals surface area contributed by atoms with Crippen molar-refractivity contribution in [3.63, 3.8) is 0 Å². The molecular weight excluding hydrogens is 360 g/mol. The molecule has 0 atom stereocenters. The summed E-state index contributed by atoms with van der Waals surface area (Å²) in [6.07, 6.45) is 0. The van der Waals surface area contributed by atoms with Crippen LogP contribution >= 0.6 is 33.2 Å². The number of para-hydroxylation sites is 1. The highest BCUT2D eigenvalue weighted by Crippen LogP contribution is 2.32. The lowest BCUT2D eigenvalue weighted by Gasteiger charge is -2.13. The molecule has 1 heterocycles. The molecule has 0 bridgehead atoms. The van der Waals surface area contributed by atoms with E-state index in [-0.39, 0.29) is 5.56 Å². The Morgan fingerprint density at radius 1 is 1.12 bits per heavy atom. The van der Waals surface area contributed by atoms with Crippen molar-refractivity contribution in [2.45, 2.75) is 19.0 Å². The van der Waals surface area contributed by atoms with Gasteiger partial charge in [-0.25, -0.2) is 4.98 Å². The quantitative estimate of drug-likeness (QED) is 0.439. The Hall–Kier alpha value is -1.43. The fourth-order valence-electron chi connectivity index (χ4n) is 2.21. The van der Waals surface area contributed by atoms with Gasteiger partial charge in [-0.15, -0.1) is 0 Å². The minimum absolute atomic E-state index is 0.0597. The molecule has 0 aliphatic rings. The van der Waals surface area contributed by atoms with Gasteiger partial charge in [0, 0.05) is 10.8 Å². The molecule has 0 aliphatic heterocycles. The molecule has 6 heteroatoms. The standard InChI is InChI=1S/C18H17ClN2OS2/c1-12(2)11-23-24-18-20-16-6-4-3-5-15(16)17(22)21(18)14-9-7-13(19)8-10-14/h3-10,12H,11H2,1-2H3. The molecule has 0 amide bonds. The van der Waals surface area contributed by atoms with Gasteiger partial charge >= 0.3 is 0 Å². The highest BCUT2D eigenvalue weighted by Gasteiger charge is 2.13. The number of aromatic nitrogens is 2. The van der Waals surface area contributed by atoms with E-state index in [4.69, 9.17) is 16.6 Å².